The van der Waals surface area contributed by atoms with E-state index in [9.17, 15) is 15.3 Å². The van der Waals surface area contributed by atoms with Crippen molar-refractivity contribution in [2.75, 3.05) is 0 Å². The smallest absolute Gasteiger partial charge is 0.115 e. The quantitative estimate of drug-likeness (QED) is 0.605. The van der Waals surface area contributed by atoms with Gasteiger partial charge in [-0.25, -0.2) is 0 Å². The molecule has 0 unspecified atom stereocenters. The van der Waals surface area contributed by atoms with E-state index in [1.54, 1.807) is 24.3 Å². The highest BCUT2D eigenvalue weighted by molar-refractivity contribution is 5.29. The Kier molecular flexibility index (Phi) is 7.49. The lowest BCUT2D eigenvalue weighted by atomic mass is 9.99. The molecule has 0 radical (unpaired) electrons. The topological polar surface area (TPSA) is 60.7 Å². The molecule has 3 heteroatoms. The monoisotopic (exact) mass is 338 g/mol. The van der Waals surface area contributed by atoms with E-state index in [4.69, 9.17) is 0 Å². The van der Waals surface area contributed by atoms with Gasteiger partial charge in [0.1, 0.15) is 5.75 Å². The van der Waals surface area contributed by atoms with Crippen LogP contribution >= 0.6 is 0 Å². The van der Waals surface area contributed by atoms with Crippen LogP contribution in [0.25, 0.3) is 0 Å². The summed E-state index contributed by atoms with van der Waals surface area (Å²) in [5.74, 6) is 0.147. The number of aliphatic hydroxyl groups excluding tert-OH is 2. The summed E-state index contributed by atoms with van der Waals surface area (Å²) >= 11 is 0. The lowest BCUT2D eigenvalue weighted by molar-refractivity contribution is 0.177. The summed E-state index contributed by atoms with van der Waals surface area (Å²) in [6.07, 6.45) is 3.39. The fourth-order valence-corrected chi connectivity index (χ4v) is 2.74. The lowest BCUT2D eigenvalue weighted by Gasteiger charge is -2.12. The summed E-state index contributed by atoms with van der Waals surface area (Å²) in [6.45, 7) is 2.10. The maximum absolute atomic E-state index is 10.4. The van der Waals surface area contributed by atoms with Crippen molar-refractivity contribution in [2.45, 2.75) is 44.8 Å². The first-order chi connectivity index (χ1) is 12.1. The predicted octanol–water partition coefficient (Wildman–Crippen LogP) is 4.82. The van der Waals surface area contributed by atoms with Crippen LogP contribution in [-0.4, -0.2) is 15.3 Å². The largest absolute Gasteiger partial charge is 0.508 e. The minimum atomic E-state index is -0.679. The SMILES string of the molecule is CCCC(=C=CC[C@@H](O)c1cccc(O)c1)C[C@@H](O)c1ccccc1. The van der Waals surface area contributed by atoms with Crippen LogP contribution in [0.1, 0.15) is 55.9 Å². The van der Waals surface area contributed by atoms with Gasteiger partial charge in [0.25, 0.3) is 0 Å². The van der Waals surface area contributed by atoms with Crippen LogP contribution in [-0.2, 0) is 0 Å². The van der Waals surface area contributed by atoms with Crippen LogP contribution in [0.3, 0.4) is 0 Å². The number of hydrogen-bond donors (Lipinski definition) is 3. The van der Waals surface area contributed by atoms with E-state index in [-0.39, 0.29) is 5.75 Å². The minimum absolute atomic E-state index is 0.147. The molecule has 3 nitrogen and oxygen atoms in total. The Morgan fingerprint density at radius 2 is 1.72 bits per heavy atom. The van der Waals surface area contributed by atoms with Crippen LogP contribution in [0.5, 0.6) is 5.75 Å². The number of phenols is 1. The Labute approximate surface area is 149 Å². The summed E-state index contributed by atoms with van der Waals surface area (Å²) in [6, 6.07) is 16.3. The molecule has 0 aliphatic heterocycles. The van der Waals surface area contributed by atoms with Gasteiger partial charge >= 0.3 is 0 Å². The Bertz CT molecular complexity index is 715. The van der Waals surface area contributed by atoms with E-state index in [0.29, 0.717) is 18.4 Å². The molecule has 132 valence electrons. The number of phenolic OH excluding ortho intramolecular Hbond substituents is 1. The third-order valence-corrected chi connectivity index (χ3v) is 4.08. The van der Waals surface area contributed by atoms with Crippen LogP contribution < -0.4 is 0 Å². The third kappa shape index (κ3) is 6.24. The van der Waals surface area contributed by atoms with Crippen molar-refractivity contribution in [3.63, 3.8) is 0 Å². The molecule has 0 amide bonds. The fourth-order valence-electron chi connectivity index (χ4n) is 2.74. The zero-order valence-corrected chi connectivity index (χ0v) is 14.6. The Morgan fingerprint density at radius 1 is 1.00 bits per heavy atom. The summed E-state index contributed by atoms with van der Waals surface area (Å²) in [4.78, 5) is 0. The van der Waals surface area contributed by atoms with E-state index in [1.807, 2.05) is 36.4 Å². The zero-order valence-electron chi connectivity index (χ0n) is 14.6. The van der Waals surface area contributed by atoms with Crippen LogP contribution in [0.4, 0.5) is 0 Å². The molecule has 0 aliphatic rings. The molecule has 0 fully saturated rings. The second-order valence-corrected chi connectivity index (χ2v) is 6.18. The molecule has 25 heavy (non-hydrogen) atoms. The maximum atomic E-state index is 10.4. The van der Waals surface area contributed by atoms with Crippen molar-refractivity contribution in [3.05, 3.63) is 83.1 Å². The van der Waals surface area contributed by atoms with E-state index < -0.39 is 12.2 Å². The van der Waals surface area contributed by atoms with Crippen molar-refractivity contribution >= 4 is 0 Å². The summed E-state index contributed by atoms with van der Waals surface area (Å²) in [5, 5.41) is 30.1. The predicted molar refractivity (Wildman–Crippen MR) is 100 cm³/mol. The van der Waals surface area contributed by atoms with E-state index in [0.717, 1.165) is 24.0 Å². The van der Waals surface area contributed by atoms with Crippen LogP contribution in [0.15, 0.2) is 72.0 Å². The number of aromatic hydroxyl groups is 1. The number of hydrogen-bond acceptors (Lipinski definition) is 3. The Balaban J connectivity index is 2.03. The average Bonchev–Trinajstić information content (AvgIpc) is 2.62. The van der Waals surface area contributed by atoms with Crippen molar-refractivity contribution in [3.8, 4) is 5.75 Å². The van der Waals surface area contributed by atoms with Crippen molar-refractivity contribution in [1.82, 2.24) is 0 Å². The van der Waals surface area contributed by atoms with Gasteiger partial charge in [0.05, 0.1) is 12.2 Å². The lowest BCUT2D eigenvalue weighted by Crippen LogP contribution is -1.99. The van der Waals surface area contributed by atoms with Gasteiger partial charge in [-0.2, -0.15) is 0 Å². The first kappa shape index (κ1) is 19.0. The fraction of sp³-hybridized carbons (Fsp3) is 0.318. The second kappa shape index (κ2) is 9.85. The molecule has 2 aromatic carbocycles. The van der Waals surface area contributed by atoms with Gasteiger partial charge in [0.15, 0.2) is 0 Å². The highest BCUT2D eigenvalue weighted by Crippen LogP contribution is 2.24. The highest BCUT2D eigenvalue weighted by atomic mass is 16.3. The summed E-state index contributed by atoms with van der Waals surface area (Å²) in [5.41, 5.74) is 5.87. The van der Waals surface area contributed by atoms with E-state index >= 15 is 0 Å². The van der Waals surface area contributed by atoms with Gasteiger partial charge in [0, 0.05) is 12.8 Å². The number of benzene rings is 2. The number of aliphatic hydroxyl groups is 2. The first-order valence-electron chi connectivity index (χ1n) is 8.73. The molecular weight excluding hydrogens is 312 g/mol. The van der Waals surface area contributed by atoms with Crippen molar-refractivity contribution in [1.29, 1.82) is 0 Å². The first-order valence-corrected chi connectivity index (χ1v) is 8.73. The maximum Gasteiger partial charge on any atom is 0.115 e. The second-order valence-electron chi connectivity index (χ2n) is 6.18. The van der Waals surface area contributed by atoms with Gasteiger partial charge in [-0.1, -0.05) is 55.8 Å². The van der Waals surface area contributed by atoms with E-state index in [2.05, 4.69) is 12.7 Å². The standard InChI is InChI=1S/C22H26O3/c1-2-8-17(15-22(25)18-10-4-3-5-11-18)9-6-14-21(24)19-12-7-13-20(23)16-19/h3-7,10-13,16,21-25H,2,8,14-15H2,1H3/t9?,21-,22-/m1/s1. The summed E-state index contributed by atoms with van der Waals surface area (Å²) < 4.78 is 0. The average molecular weight is 338 g/mol. The third-order valence-electron chi connectivity index (χ3n) is 4.08. The zero-order chi connectivity index (χ0) is 18.1. The van der Waals surface area contributed by atoms with Gasteiger partial charge in [0.2, 0.25) is 0 Å². The van der Waals surface area contributed by atoms with Crippen LogP contribution in [0, 0.1) is 0 Å². The summed E-state index contributed by atoms with van der Waals surface area (Å²) in [7, 11) is 0. The normalized spacial score (nSPS) is 12.9. The molecule has 3 N–H and O–H groups in total. The van der Waals surface area contributed by atoms with Gasteiger partial charge in [-0.3, -0.25) is 0 Å². The molecule has 0 aliphatic carbocycles. The molecule has 0 aromatic heterocycles. The Morgan fingerprint density at radius 3 is 2.40 bits per heavy atom. The van der Waals surface area contributed by atoms with Gasteiger partial charge in [-0.15, -0.1) is 5.73 Å². The van der Waals surface area contributed by atoms with Crippen molar-refractivity contribution in [2.24, 2.45) is 0 Å². The molecular formula is C22H26O3. The minimum Gasteiger partial charge on any atom is -0.508 e. The molecule has 0 bridgehead atoms. The van der Waals surface area contributed by atoms with Crippen LogP contribution in [0.2, 0.25) is 0 Å². The molecule has 2 aromatic rings. The van der Waals surface area contributed by atoms with Gasteiger partial charge in [-0.05, 0) is 41.3 Å². The Hall–Kier alpha value is -2.32. The molecule has 2 atom stereocenters. The molecule has 0 saturated carbocycles. The number of rotatable bonds is 8. The molecule has 2 rings (SSSR count). The molecule has 0 heterocycles. The molecule has 0 saturated heterocycles. The molecule has 0 spiro atoms. The van der Waals surface area contributed by atoms with Gasteiger partial charge < -0.3 is 15.3 Å². The van der Waals surface area contributed by atoms with Crippen molar-refractivity contribution < 1.29 is 15.3 Å². The van der Waals surface area contributed by atoms with E-state index in [1.165, 1.54) is 0 Å². The highest BCUT2D eigenvalue weighted by Gasteiger charge is 2.10.